The van der Waals surface area contributed by atoms with Crippen LogP contribution in [0, 0.1) is 0 Å². The number of hydrogen-bond donors (Lipinski definition) is 1. The van der Waals surface area contributed by atoms with E-state index in [1.54, 1.807) is 17.1 Å². The molecule has 1 atom stereocenters. The molecule has 0 aromatic carbocycles. The number of nitrogens with one attached hydrogen (secondary N) is 1. The molecule has 7 heteroatoms. The predicted octanol–water partition coefficient (Wildman–Crippen LogP) is 2.81. The van der Waals surface area contributed by atoms with Crippen LogP contribution in [0.25, 0.3) is 11.0 Å². The molecular weight excluding hydrogens is 328 g/mol. The first kappa shape index (κ1) is 16.8. The van der Waals surface area contributed by atoms with Crippen molar-refractivity contribution in [2.75, 3.05) is 6.54 Å². The predicted molar refractivity (Wildman–Crippen MR) is 99.0 cm³/mol. The summed E-state index contributed by atoms with van der Waals surface area (Å²) in [4.78, 5) is 17.5. The van der Waals surface area contributed by atoms with Gasteiger partial charge in [0.1, 0.15) is 0 Å². The third kappa shape index (κ3) is 3.21. The number of carbonyl (C=O) groups is 1. The van der Waals surface area contributed by atoms with Gasteiger partial charge in [0, 0.05) is 37.6 Å². The number of hydrogen-bond acceptors (Lipinski definition) is 4. The van der Waals surface area contributed by atoms with Crippen LogP contribution in [0.1, 0.15) is 60.6 Å². The van der Waals surface area contributed by atoms with Gasteiger partial charge in [-0.25, -0.2) is 4.98 Å². The van der Waals surface area contributed by atoms with E-state index in [9.17, 15) is 4.79 Å². The van der Waals surface area contributed by atoms with Crippen molar-refractivity contribution in [2.45, 2.75) is 44.6 Å². The second-order valence-electron chi connectivity index (χ2n) is 6.97. The Hall–Kier alpha value is -2.70. The van der Waals surface area contributed by atoms with Crippen molar-refractivity contribution >= 4 is 16.9 Å². The summed E-state index contributed by atoms with van der Waals surface area (Å²) in [5.41, 5.74) is 2.47. The van der Waals surface area contributed by atoms with Crippen molar-refractivity contribution in [3.63, 3.8) is 0 Å². The molecule has 26 heavy (non-hydrogen) atoms. The second-order valence-corrected chi connectivity index (χ2v) is 6.97. The minimum absolute atomic E-state index is 0.0531. The Labute approximate surface area is 152 Å². The lowest BCUT2D eigenvalue weighted by atomic mass is 10.1. The van der Waals surface area contributed by atoms with Crippen molar-refractivity contribution in [3.05, 3.63) is 42.0 Å². The van der Waals surface area contributed by atoms with Crippen molar-refractivity contribution < 1.29 is 4.79 Å². The Morgan fingerprint density at radius 1 is 1.38 bits per heavy atom. The molecular formula is C19H24N6O. The van der Waals surface area contributed by atoms with Gasteiger partial charge in [-0.1, -0.05) is 6.92 Å². The van der Waals surface area contributed by atoms with Crippen LogP contribution in [0.5, 0.6) is 0 Å². The van der Waals surface area contributed by atoms with Gasteiger partial charge in [0.15, 0.2) is 5.65 Å². The van der Waals surface area contributed by atoms with Crippen LogP contribution in [-0.2, 0) is 7.05 Å². The van der Waals surface area contributed by atoms with Crippen molar-refractivity contribution in [1.82, 2.24) is 29.9 Å². The third-order valence-electron chi connectivity index (χ3n) is 5.10. The van der Waals surface area contributed by atoms with Crippen molar-refractivity contribution in [1.29, 1.82) is 0 Å². The maximum atomic E-state index is 12.8. The molecule has 0 aliphatic heterocycles. The standard InChI is InChI=1S/C19H24N6O/c1-3-14(25-10-4-8-21-25)7-9-20-19(26)15-11-17(13-5-6-13)23-18-16(15)12-22-24(18)2/h4,8,10-14H,3,5-7,9H2,1-2H3,(H,20,26)/t14-/m1/s1. The van der Waals surface area contributed by atoms with E-state index in [4.69, 9.17) is 4.98 Å². The molecule has 136 valence electrons. The van der Waals surface area contributed by atoms with Gasteiger partial charge in [0.25, 0.3) is 5.91 Å². The fraction of sp³-hybridized carbons (Fsp3) is 0.474. The van der Waals surface area contributed by atoms with E-state index in [0.29, 0.717) is 24.1 Å². The Morgan fingerprint density at radius 3 is 2.92 bits per heavy atom. The zero-order valence-corrected chi connectivity index (χ0v) is 15.2. The molecule has 0 saturated heterocycles. The number of carbonyl (C=O) groups excluding carboxylic acids is 1. The van der Waals surface area contributed by atoms with Gasteiger partial charge in [-0.15, -0.1) is 0 Å². The fourth-order valence-corrected chi connectivity index (χ4v) is 3.38. The lowest BCUT2D eigenvalue weighted by Crippen LogP contribution is -2.27. The van der Waals surface area contributed by atoms with Gasteiger partial charge in [0.05, 0.1) is 23.2 Å². The maximum absolute atomic E-state index is 12.8. The van der Waals surface area contributed by atoms with E-state index in [1.807, 2.05) is 30.1 Å². The Morgan fingerprint density at radius 2 is 2.23 bits per heavy atom. The van der Waals surface area contributed by atoms with Gasteiger partial charge < -0.3 is 5.32 Å². The first-order chi connectivity index (χ1) is 12.7. The molecule has 0 spiro atoms. The van der Waals surface area contributed by atoms with Gasteiger partial charge in [-0.05, 0) is 37.8 Å². The number of amides is 1. The highest BCUT2D eigenvalue weighted by Gasteiger charge is 2.27. The van der Waals surface area contributed by atoms with Crippen LogP contribution in [0.2, 0.25) is 0 Å². The Balaban J connectivity index is 1.49. The molecule has 0 unspecified atom stereocenters. The highest BCUT2D eigenvalue weighted by Crippen LogP contribution is 2.40. The van der Waals surface area contributed by atoms with E-state index < -0.39 is 0 Å². The van der Waals surface area contributed by atoms with E-state index in [1.165, 1.54) is 0 Å². The Kier molecular flexibility index (Phi) is 4.44. The number of aromatic nitrogens is 5. The zero-order chi connectivity index (χ0) is 18.1. The average molecular weight is 352 g/mol. The molecule has 3 heterocycles. The van der Waals surface area contributed by atoms with Crippen LogP contribution in [0.4, 0.5) is 0 Å². The molecule has 1 aliphatic carbocycles. The smallest absolute Gasteiger partial charge is 0.252 e. The number of pyridine rings is 1. The van der Waals surface area contributed by atoms with Crippen LogP contribution in [0.15, 0.2) is 30.7 Å². The van der Waals surface area contributed by atoms with Gasteiger partial charge in [-0.3, -0.25) is 14.2 Å². The summed E-state index contributed by atoms with van der Waals surface area (Å²) < 4.78 is 3.70. The molecule has 1 fully saturated rings. The highest BCUT2D eigenvalue weighted by atomic mass is 16.1. The van der Waals surface area contributed by atoms with Crippen LogP contribution in [0.3, 0.4) is 0 Å². The molecule has 7 nitrogen and oxygen atoms in total. The molecule has 4 rings (SSSR count). The lowest BCUT2D eigenvalue weighted by molar-refractivity contribution is 0.0952. The minimum atomic E-state index is -0.0531. The summed E-state index contributed by atoms with van der Waals surface area (Å²) in [7, 11) is 1.86. The average Bonchev–Trinajstić information content (AvgIpc) is 3.24. The second kappa shape index (κ2) is 6.90. The summed E-state index contributed by atoms with van der Waals surface area (Å²) in [6, 6.07) is 4.17. The summed E-state index contributed by atoms with van der Waals surface area (Å²) >= 11 is 0. The summed E-state index contributed by atoms with van der Waals surface area (Å²) in [6.07, 6.45) is 9.62. The topological polar surface area (TPSA) is 77.6 Å². The molecule has 0 bridgehead atoms. The van der Waals surface area contributed by atoms with Crippen molar-refractivity contribution in [3.8, 4) is 0 Å². The summed E-state index contributed by atoms with van der Waals surface area (Å²) in [5, 5.41) is 12.5. The first-order valence-corrected chi connectivity index (χ1v) is 9.27. The maximum Gasteiger partial charge on any atom is 0.252 e. The summed E-state index contributed by atoms with van der Waals surface area (Å²) in [5.74, 6) is 0.438. The van der Waals surface area contributed by atoms with E-state index in [2.05, 4.69) is 22.4 Å². The molecule has 3 aromatic heterocycles. The normalized spacial score (nSPS) is 15.3. The first-order valence-electron chi connectivity index (χ1n) is 9.27. The molecule has 1 aliphatic rings. The third-order valence-corrected chi connectivity index (χ3v) is 5.10. The lowest BCUT2D eigenvalue weighted by Gasteiger charge is -2.16. The van der Waals surface area contributed by atoms with Crippen LogP contribution >= 0.6 is 0 Å². The van der Waals surface area contributed by atoms with E-state index in [-0.39, 0.29) is 5.91 Å². The summed E-state index contributed by atoms with van der Waals surface area (Å²) in [6.45, 7) is 2.75. The SMILES string of the molecule is CC[C@H](CCNC(=O)c1cc(C2CC2)nc2c1cnn2C)n1cccn1. The molecule has 0 radical (unpaired) electrons. The Bertz CT molecular complexity index is 910. The number of nitrogens with zero attached hydrogens (tertiary/aromatic N) is 5. The molecule has 1 saturated carbocycles. The van der Waals surface area contributed by atoms with E-state index >= 15 is 0 Å². The van der Waals surface area contributed by atoms with Crippen molar-refractivity contribution in [2.24, 2.45) is 7.05 Å². The largest absolute Gasteiger partial charge is 0.352 e. The highest BCUT2D eigenvalue weighted by molar-refractivity contribution is 6.05. The van der Waals surface area contributed by atoms with Gasteiger partial charge in [-0.2, -0.15) is 10.2 Å². The molecule has 3 aromatic rings. The number of aryl methyl sites for hydroxylation is 1. The van der Waals surface area contributed by atoms with E-state index in [0.717, 1.165) is 42.4 Å². The van der Waals surface area contributed by atoms with Gasteiger partial charge in [0.2, 0.25) is 0 Å². The zero-order valence-electron chi connectivity index (χ0n) is 15.2. The quantitative estimate of drug-likeness (QED) is 0.709. The number of rotatable bonds is 7. The fourth-order valence-electron chi connectivity index (χ4n) is 3.38. The monoisotopic (exact) mass is 352 g/mol. The number of fused-ring (bicyclic) bond motifs is 1. The molecule has 1 amide bonds. The van der Waals surface area contributed by atoms with Gasteiger partial charge >= 0.3 is 0 Å². The van der Waals surface area contributed by atoms with Crippen LogP contribution in [-0.4, -0.2) is 37.0 Å². The molecule has 1 N–H and O–H groups in total. The van der Waals surface area contributed by atoms with Crippen LogP contribution < -0.4 is 5.32 Å². The minimum Gasteiger partial charge on any atom is -0.352 e.